The monoisotopic (exact) mass is 607 g/mol. The fraction of sp³-hybridized carbons (Fsp3) is 0.240. The standard InChI is InChI=1S/C25H27Br2N3O3S/c1-28-34(32,33)24-6-4-3-5-20(24)17-29-25(31)30(2)23(15-18-7-11-21(26)12-8-18)16-19-9-13-22(27)14-10-19/h3-14,23,28H,15-17H2,1-2H3,(H,29,31). The van der Waals surface area contributed by atoms with Gasteiger partial charge >= 0.3 is 6.03 Å². The summed E-state index contributed by atoms with van der Waals surface area (Å²) in [6, 6.07) is 22.4. The van der Waals surface area contributed by atoms with Crippen molar-refractivity contribution in [2.75, 3.05) is 14.1 Å². The molecule has 0 spiro atoms. The van der Waals surface area contributed by atoms with Crippen molar-refractivity contribution in [2.24, 2.45) is 0 Å². The van der Waals surface area contributed by atoms with Gasteiger partial charge in [-0.15, -0.1) is 0 Å². The zero-order chi connectivity index (χ0) is 24.7. The SMILES string of the molecule is CNS(=O)(=O)c1ccccc1CNC(=O)N(C)C(Cc1ccc(Br)cc1)Cc1ccc(Br)cc1. The number of carbonyl (C=O) groups is 1. The number of sulfonamides is 1. The molecular formula is C25H27Br2N3O3S. The van der Waals surface area contributed by atoms with E-state index >= 15 is 0 Å². The molecule has 0 fully saturated rings. The molecule has 0 aromatic heterocycles. The van der Waals surface area contributed by atoms with Gasteiger partial charge in [-0.05, 0) is 66.9 Å². The number of halogens is 2. The van der Waals surface area contributed by atoms with Crippen molar-refractivity contribution in [1.82, 2.24) is 14.9 Å². The van der Waals surface area contributed by atoms with Crippen LogP contribution in [-0.2, 0) is 29.4 Å². The first-order valence-electron chi connectivity index (χ1n) is 10.7. The summed E-state index contributed by atoms with van der Waals surface area (Å²) in [4.78, 5) is 15.0. The molecule has 9 heteroatoms. The number of benzene rings is 3. The number of amides is 2. The molecule has 180 valence electrons. The van der Waals surface area contributed by atoms with Crippen LogP contribution in [0.5, 0.6) is 0 Å². The Kier molecular flexibility index (Phi) is 9.30. The Morgan fingerprint density at radius 3 is 1.88 bits per heavy atom. The van der Waals surface area contributed by atoms with Crippen LogP contribution in [0.25, 0.3) is 0 Å². The average Bonchev–Trinajstić information content (AvgIpc) is 2.84. The van der Waals surface area contributed by atoms with Gasteiger partial charge in [-0.1, -0.05) is 74.3 Å². The average molecular weight is 609 g/mol. The van der Waals surface area contributed by atoms with Gasteiger partial charge in [0.25, 0.3) is 0 Å². The quantitative estimate of drug-likeness (QED) is 0.354. The lowest BCUT2D eigenvalue weighted by Crippen LogP contribution is -2.45. The molecule has 3 aromatic carbocycles. The summed E-state index contributed by atoms with van der Waals surface area (Å²) in [5.74, 6) is 0. The molecular weight excluding hydrogens is 582 g/mol. The lowest BCUT2D eigenvalue weighted by atomic mass is 9.98. The summed E-state index contributed by atoms with van der Waals surface area (Å²) >= 11 is 6.93. The van der Waals surface area contributed by atoms with Gasteiger partial charge in [0.1, 0.15) is 0 Å². The third-order valence-electron chi connectivity index (χ3n) is 5.60. The molecule has 0 unspecified atom stereocenters. The highest BCUT2D eigenvalue weighted by Crippen LogP contribution is 2.19. The van der Waals surface area contributed by atoms with Crippen molar-refractivity contribution in [3.63, 3.8) is 0 Å². The third-order valence-corrected chi connectivity index (χ3v) is 8.17. The van der Waals surface area contributed by atoms with Crippen LogP contribution in [0.3, 0.4) is 0 Å². The highest BCUT2D eigenvalue weighted by molar-refractivity contribution is 9.10. The van der Waals surface area contributed by atoms with Gasteiger partial charge in [-0.25, -0.2) is 17.9 Å². The zero-order valence-electron chi connectivity index (χ0n) is 19.0. The van der Waals surface area contributed by atoms with Crippen molar-refractivity contribution in [1.29, 1.82) is 0 Å². The number of urea groups is 1. The molecule has 34 heavy (non-hydrogen) atoms. The van der Waals surface area contributed by atoms with E-state index in [0.29, 0.717) is 18.4 Å². The predicted octanol–water partition coefficient (Wildman–Crippen LogP) is 5.12. The van der Waals surface area contributed by atoms with E-state index in [1.165, 1.54) is 13.1 Å². The predicted molar refractivity (Wildman–Crippen MR) is 142 cm³/mol. The van der Waals surface area contributed by atoms with E-state index < -0.39 is 10.0 Å². The molecule has 0 radical (unpaired) electrons. The molecule has 0 atom stereocenters. The molecule has 0 aliphatic heterocycles. The summed E-state index contributed by atoms with van der Waals surface area (Å²) in [5, 5.41) is 2.89. The van der Waals surface area contributed by atoms with Crippen LogP contribution in [-0.4, -0.2) is 39.5 Å². The van der Waals surface area contributed by atoms with E-state index in [1.807, 2.05) is 48.5 Å². The number of nitrogens with one attached hydrogen (secondary N) is 2. The maximum Gasteiger partial charge on any atom is 0.317 e. The molecule has 3 aromatic rings. The Balaban J connectivity index is 1.77. The van der Waals surface area contributed by atoms with E-state index in [4.69, 9.17) is 0 Å². The lowest BCUT2D eigenvalue weighted by Gasteiger charge is -2.29. The molecule has 2 N–H and O–H groups in total. The van der Waals surface area contributed by atoms with E-state index in [1.54, 1.807) is 30.1 Å². The minimum atomic E-state index is -3.62. The highest BCUT2D eigenvalue weighted by Gasteiger charge is 2.22. The first-order valence-corrected chi connectivity index (χ1v) is 13.8. The van der Waals surface area contributed by atoms with Crippen LogP contribution >= 0.6 is 31.9 Å². The Hall–Kier alpha value is -2.20. The van der Waals surface area contributed by atoms with Crippen molar-refractivity contribution in [3.05, 3.63) is 98.4 Å². The molecule has 0 bridgehead atoms. The first kappa shape index (κ1) is 26.4. The fourth-order valence-corrected chi connectivity index (χ4v) is 5.11. The smallest absolute Gasteiger partial charge is 0.317 e. The molecule has 0 aliphatic carbocycles. The Morgan fingerprint density at radius 1 is 0.882 bits per heavy atom. The second-order valence-corrected chi connectivity index (χ2v) is 11.6. The summed E-state index contributed by atoms with van der Waals surface area (Å²) < 4.78 is 29.0. The van der Waals surface area contributed by atoms with Crippen LogP contribution < -0.4 is 10.0 Å². The van der Waals surface area contributed by atoms with Crippen LogP contribution in [0, 0.1) is 0 Å². The summed E-state index contributed by atoms with van der Waals surface area (Å²) in [5.41, 5.74) is 2.77. The van der Waals surface area contributed by atoms with Crippen molar-refractivity contribution >= 4 is 47.9 Å². The van der Waals surface area contributed by atoms with Gasteiger partial charge in [0, 0.05) is 28.6 Å². The minimum Gasteiger partial charge on any atom is -0.334 e. The molecule has 0 aliphatic rings. The van der Waals surface area contributed by atoms with Crippen LogP contribution in [0.4, 0.5) is 4.79 Å². The number of likely N-dealkylation sites (N-methyl/N-ethyl adjacent to an activating group) is 1. The maximum absolute atomic E-state index is 13.1. The largest absolute Gasteiger partial charge is 0.334 e. The Bertz CT molecular complexity index is 1170. The first-order chi connectivity index (χ1) is 16.2. The number of carbonyl (C=O) groups excluding carboxylic acids is 1. The van der Waals surface area contributed by atoms with Crippen LogP contribution in [0.15, 0.2) is 86.6 Å². The van der Waals surface area contributed by atoms with Gasteiger partial charge in [0.15, 0.2) is 0 Å². The number of hydrogen-bond acceptors (Lipinski definition) is 3. The van der Waals surface area contributed by atoms with Gasteiger partial charge in [-0.3, -0.25) is 0 Å². The molecule has 3 rings (SSSR count). The Labute approximate surface area is 218 Å². The second-order valence-electron chi connectivity index (χ2n) is 7.90. The van der Waals surface area contributed by atoms with Gasteiger partial charge in [-0.2, -0.15) is 0 Å². The summed E-state index contributed by atoms with van der Waals surface area (Å²) in [6.45, 7) is 0.101. The summed E-state index contributed by atoms with van der Waals surface area (Å²) in [6.07, 6.45) is 1.36. The van der Waals surface area contributed by atoms with Gasteiger partial charge in [0.2, 0.25) is 10.0 Å². The maximum atomic E-state index is 13.1. The molecule has 0 saturated heterocycles. The van der Waals surface area contributed by atoms with E-state index in [0.717, 1.165) is 20.1 Å². The number of rotatable bonds is 9. The fourth-order valence-electron chi connectivity index (χ4n) is 3.61. The van der Waals surface area contributed by atoms with E-state index in [-0.39, 0.29) is 23.5 Å². The highest BCUT2D eigenvalue weighted by atomic mass is 79.9. The number of nitrogens with zero attached hydrogens (tertiary/aromatic N) is 1. The van der Waals surface area contributed by atoms with Crippen molar-refractivity contribution in [3.8, 4) is 0 Å². The molecule has 2 amide bonds. The number of hydrogen-bond donors (Lipinski definition) is 2. The Morgan fingerprint density at radius 2 is 1.38 bits per heavy atom. The van der Waals surface area contributed by atoms with Crippen LogP contribution in [0.2, 0.25) is 0 Å². The normalized spacial score (nSPS) is 11.4. The third kappa shape index (κ3) is 7.15. The van der Waals surface area contributed by atoms with E-state index in [2.05, 4.69) is 41.9 Å². The summed E-state index contributed by atoms with van der Waals surface area (Å²) in [7, 11) is -0.484. The molecule has 0 saturated carbocycles. The van der Waals surface area contributed by atoms with Crippen molar-refractivity contribution in [2.45, 2.75) is 30.3 Å². The minimum absolute atomic E-state index is 0.0985. The topological polar surface area (TPSA) is 78.5 Å². The van der Waals surface area contributed by atoms with Gasteiger partial charge < -0.3 is 10.2 Å². The molecule has 0 heterocycles. The van der Waals surface area contributed by atoms with Gasteiger partial charge in [0.05, 0.1) is 4.90 Å². The lowest BCUT2D eigenvalue weighted by molar-refractivity contribution is 0.188. The molecule has 6 nitrogen and oxygen atoms in total. The second kappa shape index (κ2) is 12.0. The van der Waals surface area contributed by atoms with E-state index in [9.17, 15) is 13.2 Å². The zero-order valence-corrected chi connectivity index (χ0v) is 23.0. The van der Waals surface area contributed by atoms with Crippen molar-refractivity contribution < 1.29 is 13.2 Å². The van der Waals surface area contributed by atoms with Crippen LogP contribution in [0.1, 0.15) is 16.7 Å².